The van der Waals surface area contributed by atoms with Crippen LogP contribution in [0.4, 0.5) is 0 Å². The number of carbonyl (C=O) groups is 1. The molecular formula is C11H15N5O2. The van der Waals surface area contributed by atoms with Crippen LogP contribution in [0, 0.1) is 11.3 Å². The van der Waals surface area contributed by atoms with Gasteiger partial charge in [-0.3, -0.25) is 4.79 Å². The van der Waals surface area contributed by atoms with Crippen molar-refractivity contribution in [1.29, 1.82) is 5.26 Å². The molecule has 0 N–H and O–H groups in total. The molecule has 1 amide bonds. The fourth-order valence-electron chi connectivity index (χ4n) is 2.04. The van der Waals surface area contributed by atoms with E-state index in [1.807, 2.05) is 19.9 Å². The highest BCUT2D eigenvalue weighted by Crippen LogP contribution is 2.11. The molecule has 1 fully saturated rings. The summed E-state index contributed by atoms with van der Waals surface area (Å²) in [5.41, 5.74) is 0. The van der Waals surface area contributed by atoms with E-state index in [0.29, 0.717) is 13.1 Å². The van der Waals surface area contributed by atoms with Crippen LogP contribution in [0.5, 0.6) is 0 Å². The Bertz CT molecular complexity index is 468. The van der Waals surface area contributed by atoms with Crippen molar-refractivity contribution in [3.63, 3.8) is 0 Å². The first-order chi connectivity index (χ1) is 8.58. The van der Waals surface area contributed by atoms with Crippen LogP contribution in [-0.4, -0.2) is 50.9 Å². The summed E-state index contributed by atoms with van der Waals surface area (Å²) in [5.74, 6) is 0.0397. The minimum atomic E-state index is -0.0358. The molecule has 0 spiro atoms. The van der Waals surface area contributed by atoms with Crippen LogP contribution < -0.4 is 0 Å². The number of amides is 1. The third-order valence-corrected chi connectivity index (χ3v) is 2.71. The summed E-state index contributed by atoms with van der Waals surface area (Å²) in [7, 11) is 0. The van der Waals surface area contributed by atoms with Crippen molar-refractivity contribution in [2.45, 2.75) is 32.6 Å². The molecular weight excluding hydrogens is 234 g/mol. The van der Waals surface area contributed by atoms with Gasteiger partial charge in [0.25, 0.3) is 5.82 Å². The number of rotatable bonds is 2. The molecule has 0 saturated carbocycles. The van der Waals surface area contributed by atoms with Gasteiger partial charge in [0.2, 0.25) is 5.91 Å². The van der Waals surface area contributed by atoms with Crippen LogP contribution in [0.3, 0.4) is 0 Å². The number of hydrogen-bond donors (Lipinski definition) is 0. The van der Waals surface area contributed by atoms with Gasteiger partial charge in [0.15, 0.2) is 0 Å². The SMILES string of the molecule is CC1CN(C(=O)Cn2cnc(C#N)n2)CC(C)O1. The first-order valence-electron chi connectivity index (χ1n) is 5.81. The van der Waals surface area contributed by atoms with Crippen LogP contribution in [0.25, 0.3) is 0 Å². The highest BCUT2D eigenvalue weighted by atomic mass is 16.5. The van der Waals surface area contributed by atoms with E-state index in [-0.39, 0.29) is 30.5 Å². The van der Waals surface area contributed by atoms with Crippen molar-refractivity contribution < 1.29 is 9.53 Å². The first kappa shape index (κ1) is 12.5. The second-order valence-corrected chi connectivity index (χ2v) is 4.43. The standard InChI is InChI=1S/C11H15N5O2/c1-8-4-15(5-9(2)18-8)11(17)6-16-7-13-10(3-12)14-16/h7-9H,4-6H2,1-2H3. The summed E-state index contributed by atoms with van der Waals surface area (Å²) >= 11 is 0. The second-order valence-electron chi connectivity index (χ2n) is 4.43. The van der Waals surface area contributed by atoms with E-state index in [9.17, 15) is 4.79 Å². The minimum Gasteiger partial charge on any atom is -0.372 e. The summed E-state index contributed by atoms with van der Waals surface area (Å²) in [4.78, 5) is 17.6. The summed E-state index contributed by atoms with van der Waals surface area (Å²) in [6.45, 7) is 5.17. The zero-order valence-corrected chi connectivity index (χ0v) is 10.4. The number of morpholine rings is 1. The zero-order chi connectivity index (χ0) is 13.1. The highest BCUT2D eigenvalue weighted by molar-refractivity contribution is 5.76. The molecule has 2 unspecified atom stereocenters. The number of hydrogen-bond acceptors (Lipinski definition) is 5. The van der Waals surface area contributed by atoms with Crippen LogP contribution in [0.15, 0.2) is 6.33 Å². The third-order valence-electron chi connectivity index (χ3n) is 2.71. The molecule has 1 saturated heterocycles. The molecule has 0 aromatic carbocycles. The maximum Gasteiger partial charge on any atom is 0.252 e. The molecule has 7 nitrogen and oxygen atoms in total. The lowest BCUT2D eigenvalue weighted by Gasteiger charge is -2.35. The Kier molecular flexibility index (Phi) is 3.58. The van der Waals surface area contributed by atoms with E-state index in [1.54, 1.807) is 4.90 Å². The van der Waals surface area contributed by atoms with E-state index in [2.05, 4.69) is 10.1 Å². The van der Waals surface area contributed by atoms with Crippen molar-refractivity contribution in [2.24, 2.45) is 0 Å². The first-order valence-corrected chi connectivity index (χ1v) is 5.81. The average Bonchev–Trinajstić information content (AvgIpc) is 2.75. The van der Waals surface area contributed by atoms with Gasteiger partial charge in [-0.2, -0.15) is 5.26 Å². The van der Waals surface area contributed by atoms with Gasteiger partial charge in [-0.25, -0.2) is 9.67 Å². The maximum atomic E-state index is 12.1. The van der Waals surface area contributed by atoms with Crippen molar-refractivity contribution in [3.05, 3.63) is 12.2 Å². The summed E-state index contributed by atoms with van der Waals surface area (Å²) in [5, 5.41) is 12.5. The molecule has 1 aromatic rings. The normalized spacial score (nSPS) is 23.7. The third kappa shape index (κ3) is 2.84. The van der Waals surface area contributed by atoms with E-state index in [1.165, 1.54) is 11.0 Å². The van der Waals surface area contributed by atoms with Crippen molar-refractivity contribution in [1.82, 2.24) is 19.7 Å². The van der Waals surface area contributed by atoms with Gasteiger partial charge in [-0.05, 0) is 13.8 Å². The molecule has 2 heterocycles. The smallest absolute Gasteiger partial charge is 0.252 e. The predicted octanol–water partition coefficient (Wildman–Crippen LogP) is -0.214. The monoisotopic (exact) mass is 249 g/mol. The Hall–Kier alpha value is -1.94. The topological polar surface area (TPSA) is 84.0 Å². The highest BCUT2D eigenvalue weighted by Gasteiger charge is 2.25. The maximum absolute atomic E-state index is 12.1. The Balaban J connectivity index is 1.97. The molecule has 0 radical (unpaired) electrons. The van der Waals surface area contributed by atoms with Crippen molar-refractivity contribution in [2.75, 3.05) is 13.1 Å². The number of aromatic nitrogens is 3. The molecule has 1 aromatic heterocycles. The quantitative estimate of drug-likeness (QED) is 0.723. The lowest BCUT2D eigenvalue weighted by molar-refractivity contribution is -0.144. The van der Waals surface area contributed by atoms with Gasteiger partial charge in [-0.15, -0.1) is 5.10 Å². The second kappa shape index (κ2) is 5.14. The van der Waals surface area contributed by atoms with E-state index in [0.717, 1.165) is 0 Å². The van der Waals surface area contributed by atoms with Gasteiger partial charge in [0, 0.05) is 13.1 Å². The van der Waals surface area contributed by atoms with E-state index in [4.69, 9.17) is 10.00 Å². The number of carbonyl (C=O) groups excluding carboxylic acids is 1. The molecule has 18 heavy (non-hydrogen) atoms. The minimum absolute atomic E-state index is 0.0358. The molecule has 7 heteroatoms. The van der Waals surface area contributed by atoms with Gasteiger partial charge < -0.3 is 9.64 Å². The van der Waals surface area contributed by atoms with Crippen molar-refractivity contribution in [3.8, 4) is 6.07 Å². The Morgan fingerprint density at radius 2 is 2.22 bits per heavy atom. The molecule has 0 aliphatic carbocycles. The lowest BCUT2D eigenvalue weighted by atomic mass is 10.2. The van der Waals surface area contributed by atoms with Crippen LogP contribution >= 0.6 is 0 Å². The number of nitrogens with zero attached hydrogens (tertiary/aromatic N) is 5. The lowest BCUT2D eigenvalue weighted by Crippen LogP contribution is -2.49. The van der Waals surface area contributed by atoms with Crippen LogP contribution in [0.2, 0.25) is 0 Å². The molecule has 96 valence electrons. The van der Waals surface area contributed by atoms with Gasteiger partial charge in [0.1, 0.15) is 18.9 Å². The Labute approximate surface area is 105 Å². The molecule has 1 aliphatic rings. The van der Waals surface area contributed by atoms with Gasteiger partial charge in [0.05, 0.1) is 12.2 Å². The largest absolute Gasteiger partial charge is 0.372 e. The van der Waals surface area contributed by atoms with Crippen LogP contribution in [0.1, 0.15) is 19.7 Å². The fraction of sp³-hybridized carbons (Fsp3) is 0.636. The molecule has 2 rings (SSSR count). The molecule has 1 aliphatic heterocycles. The van der Waals surface area contributed by atoms with Crippen molar-refractivity contribution >= 4 is 5.91 Å². The summed E-state index contributed by atoms with van der Waals surface area (Å²) in [6, 6.07) is 1.83. The van der Waals surface area contributed by atoms with Gasteiger partial charge >= 0.3 is 0 Å². The number of nitriles is 1. The van der Waals surface area contributed by atoms with E-state index >= 15 is 0 Å². The summed E-state index contributed by atoms with van der Waals surface area (Å²) < 4.78 is 6.95. The Morgan fingerprint density at radius 3 is 2.78 bits per heavy atom. The number of ether oxygens (including phenoxy) is 1. The summed E-state index contributed by atoms with van der Waals surface area (Å²) in [6.07, 6.45) is 1.48. The average molecular weight is 249 g/mol. The van der Waals surface area contributed by atoms with E-state index < -0.39 is 0 Å². The zero-order valence-electron chi connectivity index (χ0n) is 10.4. The molecule has 0 bridgehead atoms. The predicted molar refractivity (Wildman–Crippen MR) is 61.3 cm³/mol. The Morgan fingerprint density at radius 1 is 1.56 bits per heavy atom. The van der Waals surface area contributed by atoms with Gasteiger partial charge in [-0.1, -0.05) is 0 Å². The molecule has 2 atom stereocenters. The van der Waals surface area contributed by atoms with Crippen LogP contribution in [-0.2, 0) is 16.1 Å². The fourth-order valence-corrected chi connectivity index (χ4v) is 2.04.